The van der Waals surface area contributed by atoms with Crippen molar-refractivity contribution in [1.29, 1.82) is 0 Å². The molecule has 0 aliphatic rings. The SMILES string of the molecule is NC(=NO)c1ncn(CCOCC(F)(F)F)n1. The van der Waals surface area contributed by atoms with Crippen molar-refractivity contribution in [3.8, 4) is 0 Å². The van der Waals surface area contributed by atoms with Crippen molar-refractivity contribution in [2.24, 2.45) is 10.9 Å². The Balaban J connectivity index is 2.36. The van der Waals surface area contributed by atoms with Gasteiger partial charge in [0.1, 0.15) is 12.9 Å². The summed E-state index contributed by atoms with van der Waals surface area (Å²) in [7, 11) is 0. The van der Waals surface area contributed by atoms with Gasteiger partial charge in [-0.05, 0) is 0 Å². The molecule has 10 heteroatoms. The van der Waals surface area contributed by atoms with Crippen molar-refractivity contribution in [2.75, 3.05) is 13.2 Å². The van der Waals surface area contributed by atoms with E-state index in [9.17, 15) is 13.2 Å². The monoisotopic (exact) mass is 253 g/mol. The minimum Gasteiger partial charge on any atom is -0.409 e. The zero-order chi connectivity index (χ0) is 12.9. The Kier molecular flexibility index (Phi) is 4.26. The average Bonchev–Trinajstić information content (AvgIpc) is 2.70. The van der Waals surface area contributed by atoms with Crippen LogP contribution in [0.5, 0.6) is 0 Å². The Labute approximate surface area is 93.7 Å². The van der Waals surface area contributed by atoms with Crippen LogP contribution in [-0.2, 0) is 11.3 Å². The number of nitrogens with two attached hydrogens (primary N) is 1. The summed E-state index contributed by atoms with van der Waals surface area (Å²) in [5.74, 6) is -0.289. The Bertz CT molecular complexity index is 389. The molecule has 0 atom stereocenters. The van der Waals surface area contributed by atoms with Crippen LogP contribution in [0, 0.1) is 0 Å². The van der Waals surface area contributed by atoms with Gasteiger partial charge in [0.2, 0.25) is 11.7 Å². The van der Waals surface area contributed by atoms with Crippen molar-refractivity contribution in [1.82, 2.24) is 14.8 Å². The molecule has 3 N–H and O–H groups in total. The average molecular weight is 253 g/mol. The predicted molar refractivity (Wildman–Crippen MR) is 49.4 cm³/mol. The molecule has 1 rings (SSSR count). The molecular weight excluding hydrogens is 243 g/mol. The summed E-state index contributed by atoms with van der Waals surface area (Å²) in [4.78, 5) is 3.67. The van der Waals surface area contributed by atoms with Crippen LogP contribution in [0.1, 0.15) is 5.82 Å². The zero-order valence-corrected chi connectivity index (χ0v) is 8.55. The van der Waals surface area contributed by atoms with Gasteiger partial charge in [0, 0.05) is 0 Å². The van der Waals surface area contributed by atoms with E-state index in [-0.39, 0.29) is 24.8 Å². The quantitative estimate of drug-likeness (QED) is 0.252. The maximum atomic E-state index is 11.7. The fraction of sp³-hybridized carbons (Fsp3) is 0.571. The van der Waals surface area contributed by atoms with Crippen molar-refractivity contribution in [3.05, 3.63) is 12.2 Å². The van der Waals surface area contributed by atoms with Gasteiger partial charge in [0.05, 0.1) is 13.2 Å². The highest BCUT2D eigenvalue weighted by molar-refractivity contribution is 5.93. The predicted octanol–water partition coefficient (Wildman–Crippen LogP) is -0.0485. The minimum absolute atomic E-state index is 0.0108. The van der Waals surface area contributed by atoms with Crippen LogP contribution < -0.4 is 5.73 Å². The molecule has 1 heterocycles. The second-order valence-corrected chi connectivity index (χ2v) is 2.98. The summed E-state index contributed by atoms with van der Waals surface area (Å²) in [6, 6.07) is 0. The molecule has 0 bridgehead atoms. The molecule has 0 radical (unpaired) electrons. The maximum absolute atomic E-state index is 11.7. The van der Waals surface area contributed by atoms with E-state index in [4.69, 9.17) is 10.9 Å². The topological polar surface area (TPSA) is 98.6 Å². The highest BCUT2D eigenvalue weighted by Crippen LogP contribution is 2.14. The van der Waals surface area contributed by atoms with E-state index in [1.54, 1.807) is 0 Å². The largest absolute Gasteiger partial charge is 0.411 e. The lowest BCUT2D eigenvalue weighted by atomic mass is 10.6. The van der Waals surface area contributed by atoms with E-state index in [0.717, 1.165) is 0 Å². The fourth-order valence-electron chi connectivity index (χ4n) is 0.910. The minimum atomic E-state index is -4.35. The third kappa shape index (κ3) is 4.68. The molecule has 0 aliphatic heterocycles. The molecule has 96 valence electrons. The van der Waals surface area contributed by atoms with Crippen LogP contribution in [0.2, 0.25) is 0 Å². The van der Waals surface area contributed by atoms with Crippen LogP contribution in [0.15, 0.2) is 11.5 Å². The van der Waals surface area contributed by atoms with Gasteiger partial charge < -0.3 is 15.7 Å². The molecule has 0 saturated carbocycles. The van der Waals surface area contributed by atoms with Gasteiger partial charge in [-0.3, -0.25) is 0 Å². The summed E-state index contributed by atoms with van der Waals surface area (Å²) >= 11 is 0. The van der Waals surface area contributed by atoms with Gasteiger partial charge in [-0.25, -0.2) is 9.67 Å². The lowest BCUT2D eigenvalue weighted by molar-refractivity contribution is -0.174. The fourth-order valence-corrected chi connectivity index (χ4v) is 0.910. The van der Waals surface area contributed by atoms with Crippen molar-refractivity contribution in [2.45, 2.75) is 12.7 Å². The summed E-state index contributed by atoms with van der Waals surface area (Å²) in [5.41, 5.74) is 5.20. The van der Waals surface area contributed by atoms with Crippen molar-refractivity contribution < 1.29 is 23.1 Å². The Morgan fingerprint density at radius 2 is 2.29 bits per heavy atom. The number of aromatic nitrogens is 3. The summed E-state index contributed by atoms with van der Waals surface area (Å²) in [5, 5.41) is 14.7. The highest BCUT2D eigenvalue weighted by Gasteiger charge is 2.27. The summed E-state index contributed by atoms with van der Waals surface area (Å²) in [6.45, 7) is -1.39. The first-order valence-electron chi connectivity index (χ1n) is 4.44. The highest BCUT2D eigenvalue weighted by atomic mass is 19.4. The standard InChI is InChI=1S/C7H10F3N5O2/c8-7(9,10)3-17-2-1-15-4-12-6(13-15)5(11)14-16/h4,16H,1-3H2,(H2,11,14). The number of halogens is 3. The normalized spacial score (nSPS) is 13.0. The van der Waals surface area contributed by atoms with E-state index in [1.165, 1.54) is 11.0 Å². The molecule has 0 saturated heterocycles. The van der Waals surface area contributed by atoms with Crippen LogP contribution >= 0.6 is 0 Å². The molecule has 17 heavy (non-hydrogen) atoms. The van der Waals surface area contributed by atoms with Crippen molar-refractivity contribution >= 4 is 5.84 Å². The molecule has 0 spiro atoms. The summed E-state index contributed by atoms with van der Waals surface area (Å²) in [6.07, 6.45) is -3.11. The van der Waals surface area contributed by atoms with Crippen LogP contribution in [0.25, 0.3) is 0 Å². The third-order valence-corrected chi connectivity index (χ3v) is 1.60. The second kappa shape index (κ2) is 5.48. The second-order valence-electron chi connectivity index (χ2n) is 2.98. The molecule has 0 aliphatic carbocycles. The molecule has 0 fully saturated rings. The molecule has 1 aromatic heterocycles. The van der Waals surface area contributed by atoms with E-state index in [2.05, 4.69) is 20.0 Å². The first-order valence-corrected chi connectivity index (χ1v) is 4.44. The number of hydrogen-bond donors (Lipinski definition) is 2. The third-order valence-electron chi connectivity index (χ3n) is 1.60. The first kappa shape index (κ1) is 13.2. The van der Waals surface area contributed by atoms with Crippen LogP contribution in [0.4, 0.5) is 13.2 Å². The Morgan fingerprint density at radius 1 is 1.59 bits per heavy atom. The van der Waals surface area contributed by atoms with Gasteiger partial charge in [0.15, 0.2) is 0 Å². The van der Waals surface area contributed by atoms with Gasteiger partial charge in [0.25, 0.3) is 0 Å². The lowest BCUT2D eigenvalue weighted by Gasteiger charge is -2.06. The number of alkyl halides is 3. The molecule has 0 aromatic carbocycles. The van der Waals surface area contributed by atoms with E-state index < -0.39 is 12.8 Å². The number of rotatable bonds is 5. The lowest BCUT2D eigenvalue weighted by Crippen LogP contribution is -2.19. The number of amidine groups is 1. The Morgan fingerprint density at radius 3 is 2.88 bits per heavy atom. The molecule has 1 aromatic rings. The van der Waals surface area contributed by atoms with Crippen LogP contribution in [-0.4, -0.2) is 45.2 Å². The molecule has 7 nitrogen and oxygen atoms in total. The Hall–Kier alpha value is -1.84. The molecular formula is C7H10F3N5O2. The number of oxime groups is 1. The summed E-state index contributed by atoms with van der Waals surface area (Å²) < 4.78 is 40.8. The molecule has 0 amide bonds. The smallest absolute Gasteiger partial charge is 0.409 e. The van der Waals surface area contributed by atoms with Gasteiger partial charge in [-0.1, -0.05) is 5.16 Å². The van der Waals surface area contributed by atoms with E-state index in [1.807, 2.05) is 0 Å². The van der Waals surface area contributed by atoms with Crippen molar-refractivity contribution in [3.63, 3.8) is 0 Å². The van der Waals surface area contributed by atoms with Gasteiger partial charge >= 0.3 is 6.18 Å². The van der Waals surface area contributed by atoms with Gasteiger partial charge in [-0.15, -0.1) is 5.10 Å². The number of ether oxygens (including phenoxy) is 1. The van der Waals surface area contributed by atoms with E-state index >= 15 is 0 Å². The number of nitrogens with zero attached hydrogens (tertiary/aromatic N) is 4. The number of hydrogen-bond acceptors (Lipinski definition) is 5. The molecule has 0 unspecified atom stereocenters. The maximum Gasteiger partial charge on any atom is 0.411 e. The zero-order valence-electron chi connectivity index (χ0n) is 8.55. The van der Waals surface area contributed by atoms with E-state index in [0.29, 0.717) is 0 Å². The van der Waals surface area contributed by atoms with Gasteiger partial charge in [-0.2, -0.15) is 13.2 Å². The first-order chi connectivity index (χ1) is 7.92. The van der Waals surface area contributed by atoms with Crippen LogP contribution in [0.3, 0.4) is 0 Å².